The highest BCUT2D eigenvalue weighted by molar-refractivity contribution is 7.85. The summed E-state index contributed by atoms with van der Waals surface area (Å²) in [5.74, 6) is 2.08. The third kappa shape index (κ3) is 2.51. The van der Waals surface area contributed by atoms with Gasteiger partial charge in [0.15, 0.2) is 0 Å². The molecule has 3 rings (SSSR count). The molecule has 1 aliphatic heterocycles. The van der Waals surface area contributed by atoms with Crippen molar-refractivity contribution in [3.8, 4) is 0 Å². The maximum atomic E-state index is 12.0. The SMILES string of the molecule is CC1CNC(c2cc3ccccc3s2)CS(=O)C1. The molecule has 0 spiro atoms. The molecule has 0 aliphatic carbocycles. The van der Waals surface area contributed by atoms with Crippen LogP contribution in [0.25, 0.3) is 10.1 Å². The highest BCUT2D eigenvalue weighted by Crippen LogP contribution is 2.31. The molecule has 1 aromatic heterocycles. The van der Waals surface area contributed by atoms with Gasteiger partial charge in [0.2, 0.25) is 0 Å². The van der Waals surface area contributed by atoms with Gasteiger partial charge in [-0.15, -0.1) is 11.3 Å². The van der Waals surface area contributed by atoms with Gasteiger partial charge in [-0.25, -0.2) is 0 Å². The highest BCUT2D eigenvalue weighted by atomic mass is 32.2. The Morgan fingerprint density at radius 2 is 2.17 bits per heavy atom. The largest absolute Gasteiger partial charge is 0.308 e. The van der Waals surface area contributed by atoms with E-state index in [0.29, 0.717) is 5.92 Å². The summed E-state index contributed by atoms with van der Waals surface area (Å²) in [5, 5.41) is 4.85. The van der Waals surface area contributed by atoms with Crippen LogP contribution in [0.4, 0.5) is 0 Å². The molecule has 3 unspecified atom stereocenters. The molecule has 0 bridgehead atoms. The zero-order chi connectivity index (χ0) is 12.5. The molecule has 0 saturated carbocycles. The molecule has 18 heavy (non-hydrogen) atoms. The van der Waals surface area contributed by atoms with E-state index in [0.717, 1.165) is 18.1 Å². The first-order valence-electron chi connectivity index (χ1n) is 6.29. The van der Waals surface area contributed by atoms with Crippen LogP contribution in [0.1, 0.15) is 17.8 Å². The second kappa shape index (κ2) is 5.11. The summed E-state index contributed by atoms with van der Waals surface area (Å²) >= 11 is 1.82. The molecule has 1 aromatic carbocycles. The summed E-state index contributed by atoms with van der Waals surface area (Å²) in [4.78, 5) is 1.32. The summed E-state index contributed by atoms with van der Waals surface area (Å²) in [5.41, 5.74) is 0. The van der Waals surface area contributed by atoms with Gasteiger partial charge in [-0.1, -0.05) is 25.1 Å². The summed E-state index contributed by atoms with van der Waals surface area (Å²) in [6.45, 7) is 3.13. The molecule has 2 heterocycles. The van der Waals surface area contributed by atoms with E-state index in [2.05, 4.69) is 42.6 Å². The van der Waals surface area contributed by atoms with Gasteiger partial charge in [0.05, 0.1) is 6.04 Å². The molecule has 1 N–H and O–H groups in total. The molecule has 1 aliphatic rings. The van der Waals surface area contributed by atoms with Crippen molar-refractivity contribution in [2.24, 2.45) is 5.92 Å². The Morgan fingerprint density at radius 1 is 1.33 bits per heavy atom. The minimum atomic E-state index is -0.696. The molecule has 0 radical (unpaired) electrons. The van der Waals surface area contributed by atoms with Gasteiger partial charge in [-0.3, -0.25) is 4.21 Å². The molecule has 0 amide bonds. The Balaban J connectivity index is 1.91. The Hall–Kier alpha value is -0.710. The lowest BCUT2D eigenvalue weighted by atomic mass is 10.2. The minimum Gasteiger partial charge on any atom is -0.308 e. The van der Waals surface area contributed by atoms with E-state index in [1.54, 1.807) is 0 Å². The quantitative estimate of drug-likeness (QED) is 0.869. The Labute approximate surface area is 114 Å². The number of nitrogens with one attached hydrogen (secondary N) is 1. The van der Waals surface area contributed by atoms with Crippen LogP contribution >= 0.6 is 11.3 Å². The predicted octanol–water partition coefficient (Wildman–Crippen LogP) is 2.93. The van der Waals surface area contributed by atoms with Crippen LogP contribution in [0.5, 0.6) is 0 Å². The van der Waals surface area contributed by atoms with Crippen LogP contribution in [0.15, 0.2) is 30.3 Å². The smallest absolute Gasteiger partial charge is 0.0532 e. The number of hydrogen-bond donors (Lipinski definition) is 1. The van der Waals surface area contributed by atoms with Gasteiger partial charge in [0.25, 0.3) is 0 Å². The van der Waals surface area contributed by atoms with Crippen LogP contribution in [0, 0.1) is 5.92 Å². The zero-order valence-electron chi connectivity index (χ0n) is 10.4. The summed E-state index contributed by atoms with van der Waals surface area (Å²) < 4.78 is 13.3. The average Bonchev–Trinajstić information content (AvgIpc) is 2.70. The van der Waals surface area contributed by atoms with Gasteiger partial charge in [-0.05, 0) is 30.0 Å². The third-order valence-corrected chi connectivity index (χ3v) is 6.20. The number of thiophene rings is 1. The maximum Gasteiger partial charge on any atom is 0.0532 e. The normalized spacial score (nSPS) is 29.3. The van der Waals surface area contributed by atoms with Gasteiger partial charge in [0, 0.05) is 31.9 Å². The fraction of sp³-hybridized carbons (Fsp3) is 0.429. The van der Waals surface area contributed by atoms with Crippen molar-refractivity contribution in [1.29, 1.82) is 0 Å². The molecule has 1 saturated heterocycles. The van der Waals surface area contributed by atoms with Crippen LogP contribution in [-0.2, 0) is 10.8 Å². The van der Waals surface area contributed by atoms with Crippen LogP contribution in [0.2, 0.25) is 0 Å². The van der Waals surface area contributed by atoms with Gasteiger partial charge in [0.1, 0.15) is 0 Å². The fourth-order valence-corrected chi connectivity index (χ4v) is 5.19. The van der Waals surface area contributed by atoms with Crippen molar-refractivity contribution < 1.29 is 4.21 Å². The monoisotopic (exact) mass is 279 g/mol. The number of hydrogen-bond acceptors (Lipinski definition) is 3. The lowest BCUT2D eigenvalue weighted by molar-refractivity contribution is 0.522. The second-order valence-electron chi connectivity index (χ2n) is 5.03. The summed E-state index contributed by atoms with van der Waals surface area (Å²) in [6.07, 6.45) is 0. The minimum absolute atomic E-state index is 0.258. The lowest BCUT2D eigenvalue weighted by Crippen LogP contribution is -2.25. The van der Waals surface area contributed by atoms with E-state index in [4.69, 9.17) is 0 Å². The summed E-state index contributed by atoms with van der Waals surface area (Å²) in [7, 11) is -0.696. The Kier molecular flexibility index (Phi) is 3.50. The third-order valence-electron chi connectivity index (χ3n) is 3.32. The maximum absolute atomic E-state index is 12.0. The molecule has 96 valence electrons. The predicted molar refractivity (Wildman–Crippen MR) is 79.6 cm³/mol. The topological polar surface area (TPSA) is 29.1 Å². The van der Waals surface area contributed by atoms with E-state index >= 15 is 0 Å². The second-order valence-corrected chi connectivity index (χ2v) is 7.69. The number of fused-ring (bicyclic) bond motifs is 1. The Bertz CT molecular complexity index is 545. The van der Waals surface area contributed by atoms with Crippen LogP contribution in [0.3, 0.4) is 0 Å². The van der Waals surface area contributed by atoms with Gasteiger partial charge in [-0.2, -0.15) is 0 Å². The molecule has 1 fully saturated rings. The van der Waals surface area contributed by atoms with Crippen LogP contribution < -0.4 is 5.32 Å². The standard InChI is InChI=1S/C14H17NOS2/c1-10-7-15-12(9-18(16)8-10)14-6-11-4-2-3-5-13(11)17-14/h2-6,10,12,15H,7-9H2,1H3. The van der Waals surface area contributed by atoms with Crippen molar-refractivity contribution in [3.63, 3.8) is 0 Å². The van der Waals surface area contributed by atoms with Crippen molar-refractivity contribution in [2.75, 3.05) is 18.1 Å². The van der Waals surface area contributed by atoms with Crippen molar-refractivity contribution >= 4 is 32.2 Å². The van der Waals surface area contributed by atoms with E-state index in [9.17, 15) is 4.21 Å². The first-order chi connectivity index (χ1) is 8.72. The Morgan fingerprint density at radius 3 is 3.00 bits per heavy atom. The highest BCUT2D eigenvalue weighted by Gasteiger charge is 2.22. The fourth-order valence-electron chi connectivity index (χ4n) is 2.39. The van der Waals surface area contributed by atoms with Crippen molar-refractivity contribution in [1.82, 2.24) is 5.32 Å². The molecular weight excluding hydrogens is 262 g/mol. The van der Waals surface area contributed by atoms with Gasteiger partial charge < -0.3 is 5.32 Å². The molecular formula is C14H17NOS2. The first-order valence-corrected chi connectivity index (χ1v) is 8.59. The van der Waals surface area contributed by atoms with E-state index in [1.807, 2.05) is 11.3 Å². The van der Waals surface area contributed by atoms with Crippen molar-refractivity contribution in [3.05, 3.63) is 35.2 Å². The molecule has 2 aromatic rings. The first kappa shape index (κ1) is 12.3. The van der Waals surface area contributed by atoms with E-state index < -0.39 is 10.8 Å². The molecule has 3 atom stereocenters. The number of rotatable bonds is 1. The lowest BCUT2D eigenvalue weighted by Gasteiger charge is -2.13. The van der Waals surface area contributed by atoms with Crippen molar-refractivity contribution in [2.45, 2.75) is 13.0 Å². The number of benzene rings is 1. The average molecular weight is 279 g/mol. The van der Waals surface area contributed by atoms with Gasteiger partial charge >= 0.3 is 0 Å². The van der Waals surface area contributed by atoms with E-state index in [1.165, 1.54) is 15.0 Å². The molecule has 2 nitrogen and oxygen atoms in total. The molecule has 4 heteroatoms. The van der Waals surface area contributed by atoms with Crippen LogP contribution in [-0.4, -0.2) is 22.3 Å². The zero-order valence-corrected chi connectivity index (χ0v) is 12.0. The summed E-state index contributed by atoms with van der Waals surface area (Å²) in [6, 6.07) is 10.9. The van der Waals surface area contributed by atoms with E-state index in [-0.39, 0.29) is 6.04 Å².